The molecule has 1 fully saturated rings. The lowest BCUT2D eigenvalue weighted by Crippen LogP contribution is -2.49. The van der Waals surface area contributed by atoms with Gasteiger partial charge >= 0.3 is 18.2 Å². The number of benzene rings is 1. The first-order valence-corrected chi connectivity index (χ1v) is 9.23. The number of likely N-dealkylation sites (tertiary alicyclic amines) is 1. The molecule has 1 aromatic rings. The van der Waals surface area contributed by atoms with E-state index in [9.17, 15) is 14.4 Å². The number of nitrogens with zero attached hydrogens (tertiary/aromatic N) is 1. The maximum Gasteiger partial charge on any atom is 0.410 e. The second-order valence-corrected chi connectivity index (χ2v) is 7.62. The smallest absolute Gasteiger partial charge is 0.410 e. The third kappa shape index (κ3) is 6.44. The van der Waals surface area contributed by atoms with Crippen LogP contribution in [-0.4, -0.2) is 54.4 Å². The fourth-order valence-corrected chi connectivity index (χ4v) is 3.02. The van der Waals surface area contributed by atoms with Gasteiger partial charge in [0.25, 0.3) is 0 Å². The van der Waals surface area contributed by atoms with Crippen molar-refractivity contribution < 1.29 is 28.6 Å². The lowest BCUT2D eigenvalue weighted by molar-refractivity contribution is -0.141. The summed E-state index contributed by atoms with van der Waals surface area (Å²) in [7, 11) is 1.28. The van der Waals surface area contributed by atoms with Gasteiger partial charge in [0.15, 0.2) is 0 Å². The number of carbonyl (C=O) groups excluding carboxylic acids is 3. The Morgan fingerprint density at radius 1 is 1.18 bits per heavy atom. The van der Waals surface area contributed by atoms with Gasteiger partial charge in [0.1, 0.15) is 12.2 Å². The Morgan fingerprint density at radius 3 is 2.46 bits per heavy atom. The van der Waals surface area contributed by atoms with Gasteiger partial charge in [0, 0.05) is 6.54 Å². The highest BCUT2D eigenvalue weighted by molar-refractivity contribution is 5.74. The standard InChI is InChI=1S/C20H28N2O6/c1-20(2,3)28-18(24)21-15-10-11-22(16(15)12-17(23)26-4)19(25)27-13-14-8-6-5-7-9-14/h5-9,15-16H,10-13H2,1-4H3,(H,21,24). The Labute approximate surface area is 165 Å². The summed E-state index contributed by atoms with van der Waals surface area (Å²) in [5, 5.41) is 2.76. The molecule has 0 radical (unpaired) electrons. The molecule has 2 unspecified atom stereocenters. The van der Waals surface area contributed by atoms with Gasteiger partial charge in [0.2, 0.25) is 0 Å². The highest BCUT2D eigenvalue weighted by atomic mass is 16.6. The molecular formula is C20H28N2O6. The zero-order valence-electron chi connectivity index (χ0n) is 16.8. The molecule has 0 spiro atoms. The van der Waals surface area contributed by atoms with E-state index in [4.69, 9.17) is 14.2 Å². The molecule has 0 aliphatic carbocycles. The monoisotopic (exact) mass is 392 g/mol. The zero-order chi connectivity index (χ0) is 20.7. The largest absolute Gasteiger partial charge is 0.469 e. The predicted octanol–water partition coefficient (Wildman–Crippen LogP) is 2.85. The third-order valence-electron chi connectivity index (χ3n) is 4.29. The number of carbonyl (C=O) groups is 3. The number of hydrogen-bond acceptors (Lipinski definition) is 6. The predicted molar refractivity (Wildman–Crippen MR) is 102 cm³/mol. The van der Waals surface area contributed by atoms with Gasteiger partial charge in [-0.1, -0.05) is 30.3 Å². The highest BCUT2D eigenvalue weighted by Gasteiger charge is 2.40. The summed E-state index contributed by atoms with van der Waals surface area (Å²) in [5.74, 6) is -0.469. The van der Waals surface area contributed by atoms with Crippen molar-refractivity contribution in [1.82, 2.24) is 10.2 Å². The second kappa shape index (κ2) is 9.43. The van der Waals surface area contributed by atoms with E-state index in [0.717, 1.165) is 5.56 Å². The van der Waals surface area contributed by atoms with E-state index in [1.807, 2.05) is 30.3 Å². The third-order valence-corrected chi connectivity index (χ3v) is 4.29. The molecule has 1 aromatic carbocycles. The molecule has 2 atom stereocenters. The molecule has 1 N–H and O–H groups in total. The highest BCUT2D eigenvalue weighted by Crippen LogP contribution is 2.23. The molecule has 1 aliphatic heterocycles. The summed E-state index contributed by atoms with van der Waals surface area (Å²) in [6, 6.07) is 8.32. The molecule has 8 nitrogen and oxygen atoms in total. The van der Waals surface area contributed by atoms with Crippen LogP contribution in [0.25, 0.3) is 0 Å². The number of esters is 1. The molecule has 1 aliphatic rings. The van der Waals surface area contributed by atoms with Crippen molar-refractivity contribution in [3.8, 4) is 0 Å². The van der Waals surface area contributed by atoms with E-state index in [-0.39, 0.29) is 13.0 Å². The van der Waals surface area contributed by atoms with Crippen molar-refractivity contribution in [1.29, 1.82) is 0 Å². The molecule has 2 rings (SSSR count). The minimum atomic E-state index is -0.644. The quantitative estimate of drug-likeness (QED) is 0.612. The first-order chi connectivity index (χ1) is 13.2. The minimum Gasteiger partial charge on any atom is -0.469 e. The number of methoxy groups -OCH3 is 1. The van der Waals surface area contributed by atoms with E-state index >= 15 is 0 Å². The Kier molecular flexibility index (Phi) is 7.25. The summed E-state index contributed by atoms with van der Waals surface area (Å²) in [6.07, 6.45) is -0.684. The van der Waals surface area contributed by atoms with Crippen LogP contribution >= 0.6 is 0 Å². The van der Waals surface area contributed by atoms with Crippen LogP contribution in [0.15, 0.2) is 30.3 Å². The normalized spacial score (nSPS) is 19.1. The van der Waals surface area contributed by atoms with E-state index in [1.54, 1.807) is 20.8 Å². The minimum absolute atomic E-state index is 0.0442. The molecule has 0 saturated carbocycles. The van der Waals surface area contributed by atoms with Gasteiger partial charge in [-0.2, -0.15) is 0 Å². The van der Waals surface area contributed by atoms with Crippen LogP contribution in [0.2, 0.25) is 0 Å². The Bertz CT molecular complexity index is 686. The molecule has 154 valence electrons. The molecule has 1 saturated heterocycles. The Morgan fingerprint density at radius 2 is 1.86 bits per heavy atom. The molecular weight excluding hydrogens is 364 g/mol. The molecule has 28 heavy (non-hydrogen) atoms. The van der Waals surface area contributed by atoms with E-state index in [2.05, 4.69) is 5.32 Å². The van der Waals surface area contributed by atoms with Gasteiger partial charge in [-0.15, -0.1) is 0 Å². The summed E-state index contributed by atoms with van der Waals surface area (Å²) < 4.78 is 15.4. The fraction of sp³-hybridized carbons (Fsp3) is 0.550. The summed E-state index contributed by atoms with van der Waals surface area (Å²) in [6.45, 7) is 5.78. The maximum atomic E-state index is 12.6. The van der Waals surface area contributed by atoms with E-state index in [1.165, 1.54) is 12.0 Å². The van der Waals surface area contributed by atoms with E-state index < -0.39 is 35.8 Å². The number of hydrogen-bond donors (Lipinski definition) is 1. The van der Waals surface area contributed by atoms with Gasteiger partial charge < -0.3 is 24.4 Å². The lowest BCUT2D eigenvalue weighted by Gasteiger charge is -2.28. The van der Waals surface area contributed by atoms with Crippen LogP contribution in [-0.2, 0) is 25.6 Å². The van der Waals surface area contributed by atoms with Crippen molar-refractivity contribution in [3.63, 3.8) is 0 Å². The second-order valence-electron chi connectivity index (χ2n) is 7.62. The molecule has 2 amide bonds. The summed E-state index contributed by atoms with van der Waals surface area (Å²) in [4.78, 5) is 38.0. The molecule has 0 aromatic heterocycles. The number of alkyl carbamates (subject to hydrolysis) is 1. The van der Waals surface area contributed by atoms with Crippen molar-refractivity contribution in [2.24, 2.45) is 0 Å². The van der Waals surface area contributed by atoms with Crippen molar-refractivity contribution in [2.45, 2.75) is 57.9 Å². The van der Waals surface area contributed by atoms with Crippen molar-refractivity contribution >= 4 is 18.2 Å². The van der Waals surface area contributed by atoms with Crippen LogP contribution in [0.4, 0.5) is 9.59 Å². The molecule has 0 bridgehead atoms. The zero-order valence-corrected chi connectivity index (χ0v) is 16.8. The lowest BCUT2D eigenvalue weighted by atomic mass is 10.1. The first-order valence-electron chi connectivity index (χ1n) is 9.23. The van der Waals surface area contributed by atoms with Crippen molar-refractivity contribution in [2.75, 3.05) is 13.7 Å². The molecule has 1 heterocycles. The number of rotatable bonds is 5. The fourth-order valence-electron chi connectivity index (χ4n) is 3.02. The topological polar surface area (TPSA) is 94.2 Å². The van der Waals surface area contributed by atoms with Gasteiger partial charge in [0.05, 0.1) is 25.6 Å². The van der Waals surface area contributed by atoms with Gasteiger partial charge in [-0.05, 0) is 32.8 Å². The Balaban J connectivity index is 2.02. The SMILES string of the molecule is COC(=O)CC1C(NC(=O)OC(C)(C)C)CCN1C(=O)OCc1ccccc1. The van der Waals surface area contributed by atoms with Crippen LogP contribution < -0.4 is 5.32 Å². The van der Waals surface area contributed by atoms with Crippen LogP contribution in [0.1, 0.15) is 39.2 Å². The average Bonchev–Trinajstić information content (AvgIpc) is 3.01. The first kappa shape index (κ1) is 21.5. The van der Waals surface area contributed by atoms with E-state index in [0.29, 0.717) is 13.0 Å². The summed E-state index contributed by atoms with van der Waals surface area (Å²) >= 11 is 0. The summed E-state index contributed by atoms with van der Waals surface area (Å²) in [5.41, 5.74) is 0.220. The van der Waals surface area contributed by atoms with Crippen molar-refractivity contribution in [3.05, 3.63) is 35.9 Å². The number of amides is 2. The van der Waals surface area contributed by atoms with Crippen LogP contribution in [0.3, 0.4) is 0 Å². The maximum absolute atomic E-state index is 12.6. The van der Waals surface area contributed by atoms with Crippen LogP contribution in [0, 0.1) is 0 Å². The Hall–Kier alpha value is -2.77. The molecule has 8 heteroatoms. The number of nitrogens with one attached hydrogen (secondary N) is 1. The average molecular weight is 392 g/mol. The van der Waals surface area contributed by atoms with Gasteiger partial charge in [-0.25, -0.2) is 9.59 Å². The van der Waals surface area contributed by atoms with Gasteiger partial charge in [-0.3, -0.25) is 4.79 Å². The number of ether oxygens (including phenoxy) is 3. The van der Waals surface area contributed by atoms with Crippen LogP contribution in [0.5, 0.6) is 0 Å².